The molecule has 0 nitrogen and oxygen atoms in total. The lowest BCUT2D eigenvalue weighted by Gasteiger charge is -2.30. The molecule has 0 aliphatic heterocycles. The summed E-state index contributed by atoms with van der Waals surface area (Å²) in [5, 5.41) is 0. The summed E-state index contributed by atoms with van der Waals surface area (Å²) in [6.07, 6.45) is 10.6. The van der Waals surface area contributed by atoms with Crippen LogP contribution >= 0.6 is 0 Å². The Balaban J connectivity index is 1.99. The Morgan fingerprint density at radius 1 is 1.08 bits per heavy atom. The molecule has 0 amide bonds. The zero-order valence-corrected chi connectivity index (χ0v) is 9.26. The van der Waals surface area contributed by atoms with Crippen molar-refractivity contribution in [3.63, 3.8) is 0 Å². The SMILES string of the molecule is CCCC1C[C@@H](C)[C@H]2CCCCC12. The van der Waals surface area contributed by atoms with Crippen molar-refractivity contribution in [2.75, 3.05) is 0 Å². The molecule has 13 heavy (non-hydrogen) atoms. The van der Waals surface area contributed by atoms with Gasteiger partial charge in [-0.05, 0) is 42.9 Å². The van der Waals surface area contributed by atoms with E-state index >= 15 is 0 Å². The van der Waals surface area contributed by atoms with Crippen LogP contribution in [0.5, 0.6) is 0 Å². The van der Waals surface area contributed by atoms with E-state index in [4.69, 9.17) is 0 Å². The van der Waals surface area contributed by atoms with Crippen molar-refractivity contribution >= 4 is 0 Å². The fourth-order valence-corrected chi connectivity index (χ4v) is 4.01. The maximum atomic E-state index is 2.50. The molecule has 0 aromatic carbocycles. The zero-order chi connectivity index (χ0) is 9.26. The summed E-state index contributed by atoms with van der Waals surface area (Å²) in [6, 6.07) is 0. The lowest BCUT2D eigenvalue weighted by molar-refractivity contribution is 0.202. The van der Waals surface area contributed by atoms with Crippen molar-refractivity contribution in [2.24, 2.45) is 23.7 Å². The van der Waals surface area contributed by atoms with E-state index in [0.29, 0.717) is 0 Å². The predicted octanol–water partition coefficient (Wildman–Crippen LogP) is 4.25. The number of hydrogen-bond acceptors (Lipinski definition) is 0. The van der Waals surface area contributed by atoms with Crippen molar-refractivity contribution in [2.45, 2.75) is 58.8 Å². The van der Waals surface area contributed by atoms with Gasteiger partial charge in [-0.15, -0.1) is 0 Å². The molecule has 0 heteroatoms. The van der Waals surface area contributed by atoms with Crippen LogP contribution in [0.4, 0.5) is 0 Å². The van der Waals surface area contributed by atoms with Gasteiger partial charge in [-0.25, -0.2) is 0 Å². The molecule has 2 rings (SSSR count). The van der Waals surface area contributed by atoms with E-state index < -0.39 is 0 Å². The van der Waals surface area contributed by atoms with Gasteiger partial charge in [0.1, 0.15) is 0 Å². The molecule has 2 aliphatic carbocycles. The van der Waals surface area contributed by atoms with E-state index in [1.165, 1.54) is 25.7 Å². The van der Waals surface area contributed by atoms with Gasteiger partial charge in [0.05, 0.1) is 0 Å². The Kier molecular flexibility index (Phi) is 2.96. The minimum Gasteiger partial charge on any atom is -0.0654 e. The summed E-state index contributed by atoms with van der Waals surface area (Å²) < 4.78 is 0. The van der Waals surface area contributed by atoms with Gasteiger partial charge in [-0.3, -0.25) is 0 Å². The quantitative estimate of drug-likeness (QED) is 0.596. The van der Waals surface area contributed by atoms with Crippen LogP contribution in [0.2, 0.25) is 0 Å². The zero-order valence-electron chi connectivity index (χ0n) is 9.26. The van der Waals surface area contributed by atoms with Crippen molar-refractivity contribution in [1.82, 2.24) is 0 Å². The van der Waals surface area contributed by atoms with Gasteiger partial charge in [0, 0.05) is 0 Å². The van der Waals surface area contributed by atoms with Crippen LogP contribution in [0.3, 0.4) is 0 Å². The Hall–Kier alpha value is 0. The number of rotatable bonds is 2. The molecule has 0 aromatic heterocycles. The van der Waals surface area contributed by atoms with E-state index in [1.54, 1.807) is 19.3 Å². The molecular formula is C13H24. The Labute approximate surface area is 83.1 Å². The van der Waals surface area contributed by atoms with Crippen LogP contribution in [0.15, 0.2) is 0 Å². The highest BCUT2D eigenvalue weighted by atomic mass is 14.5. The third-order valence-corrected chi connectivity index (χ3v) is 4.55. The van der Waals surface area contributed by atoms with Crippen LogP contribution in [0.25, 0.3) is 0 Å². The first-order chi connectivity index (χ1) is 6.33. The summed E-state index contributed by atoms with van der Waals surface area (Å²) in [5.41, 5.74) is 0. The largest absolute Gasteiger partial charge is 0.0654 e. The topological polar surface area (TPSA) is 0 Å². The van der Waals surface area contributed by atoms with Gasteiger partial charge < -0.3 is 0 Å². The second kappa shape index (κ2) is 4.02. The molecule has 76 valence electrons. The van der Waals surface area contributed by atoms with Gasteiger partial charge in [0.25, 0.3) is 0 Å². The van der Waals surface area contributed by atoms with E-state index in [-0.39, 0.29) is 0 Å². The fourth-order valence-electron chi connectivity index (χ4n) is 4.01. The van der Waals surface area contributed by atoms with E-state index in [2.05, 4.69) is 13.8 Å². The summed E-state index contributed by atoms with van der Waals surface area (Å²) >= 11 is 0. The molecule has 2 unspecified atom stereocenters. The monoisotopic (exact) mass is 180 g/mol. The summed E-state index contributed by atoms with van der Waals surface area (Å²) in [7, 11) is 0. The standard InChI is InChI=1S/C13H24/c1-3-6-11-9-10(2)12-7-4-5-8-13(11)12/h10-13H,3-9H2,1-2H3/t10-,11?,12-,13?/m1/s1. The first kappa shape index (κ1) is 9.55. The normalized spacial score (nSPS) is 44.8. The minimum atomic E-state index is 1.04. The van der Waals surface area contributed by atoms with Gasteiger partial charge in [0.2, 0.25) is 0 Å². The molecule has 4 atom stereocenters. The van der Waals surface area contributed by atoms with Crippen molar-refractivity contribution in [3.05, 3.63) is 0 Å². The minimum absolute atomic E-state index is 1.04. The van der Waals surface area contributed by atoms with Crippen LogP contribution in [0, 0.1) is 23.7 Å². The second-order valence-corrected chi connectivity index (χ2v) is 5.37. The highest BCUT2D eigenvalue weighted by Gasteiger charge is 2.40. The van der Waals surface area contributed by atoms with Gasteiger partial charge in [0.15, 0.2) is 0 Å². The molecule has 2 aliphatic rings. The molecule has 0 bridgehead atoms. The van der Waals surface area contributed by atoms with Gasteiger partial charge >= 0.3 is 0 Å². The average molecular weight is 180 g/mol. The van der Waals surface area contributed by atoms with Crippen LogP contribution in [-0.2, 0) is 0 Å². The van der Waals surface area contributed by atoms with Crippen molar-refractivity contribution in [1.29, 1.82) is 0 Å². The second-order valence-electron chi connectivity index (χ2n) is 5.37. The molecule has 2 saturated carbocycles. The van der Waals surface area contributed by atoms with E-state index in [9.17, 15) is 0 Å². The summed E-state index contributed by atoms with van der Waals surface area (Å²) in [6.45, 7) is 4.85. The molecule has 0 spiro atoms. The third kappa shape index (κ3) is 1.78. The Morgan fingerprint density at radius 2 is 1.77 bits per heavy atom. The molecule has 0 radical (unpaired) electrons. The molecular weight excluding hydrogens is 156 g/mol. The lowest BCUT2D eigenvalue weighted by atomic mass is 9.75. The Bertz CT molecular complexity index is 161. The van der Waals surface area contributed by atoms with Crippen LogP contribution in [-0.4, -0.2) is 0 Å². The molecule has 0 saturated heterocycles. The summed E-state index contributed by atoms with van der Waals surface area (Å²) in [5.74, 6) is 4.39. The number of hydrogen-bond donors (Lipinski definition) is 0. The van der Waals surface area contributed by atoms with Crippen LogP contribution in [0.1, 0.15) is 58.8 Å². The molecule has 0 N–H and O–H groups in total. The lowest BCUT2D eigenvalue weighted by Crippen LogP contribution is -2.20. The molecule has 2 fully saturated rings. The smallest absolute Gasteiger partial charge is 0.0355 e. The average Bonchev–Trinajstić information content (AvgIpc) is 2.46. The third-order valence-electron chi connectivity index (χ3n) is 4.55. The van der Waals surface area contributed by atoms with Gasteiger partial charge in [-0.2, -0.15) is 0 Å². The predicted molar refractivity (Wildman–Crippen MR) is 57.6 cm³/mol. The maximum absolute atomic E-state index is 2.50. The molecule has 0 aromatic rings. The first-order valence-electron chi connectivity index (χ1n) is 6.33. The van der Waals surface area contributed by atoms with Crippen molar-refractivity contribution in [3.8, 4) is 0 Å². The van der Waals surface area contributed by atoms with Gasteiger partial charge in [-0.1, -0.05) is 39.5 Å². The number of fused-ring (bicyclic) bond motifs is 1. The van der Waals surface area contributed by atoms with E-state index in [1.807, 2.05) is 0 Å². The Morgan fingerprint density at radius 3 is 2.46 bits per heavy atom. The van der Waals surface area contributed by atoms with E-state index in [0.717, 1.165) is 23.7 Å². The maximum Gasteiger partial charge on any atom is -0.0355 e. The highest BCUT2D eigenvalue weighted by molar-refractivity contribution is 4.90. The molecule has 0 heterocycles. The summed E-state index contributed by atoms with van der Waals surface area (Å²) in [4.78, 5) is 0. The van der Waals surface area contributed by atoms with Crippen LogP contribution < -0.4 is 0 Å². The fraction of sp³-hybridized carbons (Fsp3) is 1.00. The first-order valence-corrected chi connectivity index (χ1v) is 6.33. The van der Waals surface area contributed by atoms with Crippen molar-refractivity contribution < 1.29 is 0 Å². The highest BCUT2D eigenvalue weighted by Crippen LogP contribution is 2.50.